The summed E-state index contributed by atoms with van der Waals surface area (Å²) in [5.74, 6) is -0.932. The van der Waals surface area contributed by atoms with Crippen molar-refractivity contribution in [3.63, 3.8) is 0 Å². The number of carboxylic acid groups (broad SMARTS) is 1. The minimum absolute atomic E-state index is 0.0622. The standard InChI is InChI=1S/C15H11NO3.C12H25NO5/c17-14(18)9-16-12-7-3-1-5-10(12)15(19)11-6-2-4-8-13(11)16;1-8(7-14)9(2,15)10(3,16)11(4,17)12(5,13-6)18-8/h1-8H,9H2,(H,17,18);13-17H,7H2,1-6H3/p+1/t;8?,9-,10?,11+,12-/m.0/s1. The second-order valence-corrected chi connectivity index (χ2v) is 10.4. The van der Waals surface area contributed by atoms with Crippen molar-refractivity contribution >= 4 is 27.8 Å². The molecule has 5 atom stereocenters. The maximum absolute atomic E-state index is 12.4. The highest BCUT2D eigenvalue weighted by atomic mass is 16.6. The van der Waals surface area contributed by atoms with Crippen molar-refractivity contribution in [2.75, 3.05) is 13.7 Å². The van der Waals surface area contributed by atoms with Gasteiger partial charge in [-0.25, -0.2) is 0 Å². The van der Waals surface area contributed by atoms with E-state index in [1.807, 2.05) is 0 Å². The molecule has 1 aliphatic heterocycles. The molecule has 2 aromatic carbocycles. The first-order chi connectivity index (χ1) is 17.0. The number of carboxylic acids is 1. The summed E-state index contributed by atoms with van der Waals surface area (Å²) in [4.78, 5) is 23.4. The maximum atomic E-state index is 12.4. The van der Waals surface area contributed by atoms with Crippen molar-refractivity contribution < 1.29 is 40.4 Å². The maximum Gasteiger partial charge on any atom is 0.323 e. The molecular formula is C27H37N2O8+. The van der Waals surface area contributed by atoms with Crippen LogP contribution in [-0.4, -0.2) is 77.9 Å². The molecule has 1 aliphatic rings. The third kappa shape index (κ3) is 4.23. The number of para-hydroxylation sites is 2. The summed E-state index contributed by atoms with van der Waals surface area (Å²) in [5.41, 5.74) is -6.75. The second kappa shape index (κ2) is 9.46. The molecule has 1 saturated heterocycles. The van der Waals surface area contributed by atoms with Gasteiger partial charge in [-0.1, -0.05) is 24.3 Å². The summed E-state index contributed by atoms with van der Waals surface area (Å²) in [5, 5.41) is 53.1. The Bertz CT molecular complexity index is 1290. The van der Waals surface area contributed by atoms with Gasteiger partial charge < -0.3 is 40.2 Å². The Labute approximate surface area is 214 Å². The quantitative estimate of drug-likeness (QED) is 0.267. The number of pyridine rings is 1. The molecule has 2 unspecified atom stereocenters. The number of aliphatic hydroxyl groups is 4. The van der Waals surface area contributed by atoms with Gasteiger partial charge in [-0.2, -0.15) is 0 Å². The van der Waals surface area contributed by atoms with E-state index in [0.29, 0.717) is 21.8 Å². The van der Waals surface area contributed by atoms with E-state index in [1.165, 1.54) is 27.7 Å². The molecule has 10 nitrogen and oxygen atoms in total. The number of rotatable bonds is 4. The van der Waals surface area contributed by atoms with Crippen LogP contribution in [0.25, 0.3) is 21.8 Å². The number of aliphatic carboxylic acids is 1. The molecular weight excluding hydrogens is 480 g/mol. The predicted octanol–water partition coefficient (Wildman–Crippen LogP) is 0.169. The minimum Gasteiger partial charge on any atom is -0.480 e. The van der Waals surface area contributed by atoms with E-state index in [2.05, 4.69) is 0 Å². The van der Waals surface area contributed by atoms with Gasteiger partial charge in [-0.15, -0.1) is 0 Å². The van der Waals surface area contributed by atoms with Crippen LogP contribution in [0.4, 0.5) is 0 Å². The first-order valence-electron chi connectivity index (χ1n) is 12.0. The molecule has 7 N–H and O–H groups in total. The van der Waals surface area contributed by atoms with Gasteiger partial charge in [0.1, 0.15) is 23.3 Å². The highest BCUT2D eigenvalue weighted by Gasteiger charge is 2.75. The van der Waals surface area contributed by atoms with Crippen LogP contribution in [0.2, 0.25) is 0 Å². The molecule has 1 aromatic heterocycles. The van der Waals surface area contributed by atoms with Crippen LogP contribution in [0.1, 0.15) is 34.6 Å². The van der Waals surface area contributed by atoms with Crippen molar-refractivity contribution in [1.29, 1.82) is 0 Å². The van der Waals surface area contributed by atoms with E-state index >= 15 is 0 Å². The zero-order valence-electron chi connectivity index (χ0n) is 22.0. The Morgan fingerprint density at radius 2 is 1.32 bits per heavy atom. The van der Waals surface area contributed by atoms with Gasteiger partial charge >= 0.3 is 5.97 Å². The molecule has 0 amide bonds. The molecule has 4 rings (SSSR count). The third-order valence-electron chi connectivity index (χ3n) is 8.35. The molecule has 2 heterocycles. The fourth-order valence-electron chi connectivity index (χ4n) is 5.05. The zero-order chi connectivity index (χ0) is 28.0. The fourth-order valence-corrected chi connectivity index (χ4v) is 5.05. The number of likely N-dealkylation sites (N-methyl/N-ethyl adjacent to an activating group) is 1. The van der Waals surface area contributed by atoms with E-state index in [0.717, 1.165) is 0 Å². The number of carbonyl (C=O) groups is 1. The van der Waals surface area contributed by atoms with Crippen molar-refractivity contribution in [1.82, 2.24) is 4.57 Å². The molecule has 10 heteroatoms. The smallest absolute Gasteiger partial charge is 0.323 e. The number of aliphatic hydroxyl groups excluding tert-OH is 1. The summed E-state index contributed by atoms with van der Waals surface area (Å²) in [6.07, 6.45) is 0. The highest BCUT2D eigenvalue weighted by molar-refractivity contribution is 5.94. The molecule has 0 aliphatic carbocycles. The Morgan fingerprint density at radius 3 is 1.73 bits per heavy atom. The van der Waals surface area contributed by atoms with Crippen LogP contribution in [0.5, 0.6) is 0 Å². The van der Waals surface area contributed by atoms with Gasteiger partial charge in [-0.05, 0) is 52.0 Å². The van der Waals surface area contributed by atoms with E-state index in [4.69, 9.17) is 9.84 Å². The highest BCUT2D eigenvalue weighted by Crippen LogP contribution is 2.50. The van der Waals surface area contributed by atoms with Gasteiger partial charge in [0.25, 0.3) is 0 Å². The first kappa shape index (κ1) is 28.7. The van der Waals surface area contributed by atoms with Crippen molar-refractivity contribution in [2.45, 2.75) is 69.3 Å². The van der Waals surface area contributed by atoms with Crippen molar-refractivity contribution in [3.8, 4) is 0 Å². The number of benzene rings is 2. The lowest BCUT2D eigenvalue weighted by Gasteiger charge is -2.63. The number of nitrogens with zero attached hydrogens (tertiary/aromatic N) is 1. The van der Waals surface area contributed by atoms with E-state index < -0.39 is 40.7 Å². The third-order valence-corrected chi connectivity index (χ3v) is 8.35. The van der Waals surface area contributed by atoms with Crippen molar-refractivity contribution in [2.24, 2.45) is 0 Å². The molecule has 202 valence electrons. The van der Waals surface area contributed by atoms with Gasteiger partial charge in [-0.3, -0.25) is 9.59 Å². The largest absolute Gasteiger partial charge is 0.480 e. The number of ether oxygens (including phenoxy) is 1. The van der Waals surface area contributed by atoms with E-state index in [-0.39, 0.29) is 12.0 Å². The van der Waals surface area contributed by atoms with Crippen LogP contribution in [-0.2, 0) is 16.1 Å². The number of nitrogens with two attached hydrogens (primary N) is 1. The lowest BCUT2D eigenvalue weighted by Crippen LogP contribution is -3.05. The zero-order valence-corrected chi connectivity index (χ0v) is 22.0. The number of aromatic nitrogens is 1. The topological polar surface area (TPSA) is 166 Å². The van der Waals surface area contributed by atoms with Crippen LogP contribution in [0.3, 0.4) is 0 Å². The Balaban J connectivity index is 0.000000206. The first-order valence-corrected chi connectivity index (χ1v) is 12.0. The summed E-state index contributed by atoms with van der Waals surface area (Å²) in [6, 6.07) is 14.2. The summed E-state index contributed by atoms with van der Waals surface area (Å²) < 4.78 is 7.42. The summed E-state index contributed by atoms with van der Waals surface area (Å²) in [7, 11) is 1.70. The number of hydrogen-bond acceptors (Lipinski definition) is 7. The van der Waals surface area contributed by atoms with Gasteiger partial charge in [0.15, 0.2) is 11.0 Å². The van der Waals surface area contributed by atoms with Crippen LogP contribution < -0.4 is 10.7 Å². The normalized spacial score (nSPS) is 33.7. The van der Waals surface area contributed by atoms with Crippen LogP contribution in [0, 0.1) is 0 Å². The van der Waals surface area contributed by atoms with Gasteiger partial charge in [0.2, 0.25) is 5.72 Å². The van der Waals surface area contributed by atoms with E-state index in [9.17, 15) is 30.0 Å². The molecule has 0 radical (unpaired) electrons. The number of quaternary nitrogens is 1. The second-order valence-electron chi connectivity index (χ2n) is 10.4. The molecule has 37 heavy (non-hydrogen) atoms. The molecule has 0 bridgehead atoms. The van der Waals surface area contributed by atoms with Crippen LogP contribution in [0.15, 0.2) is 53.3 Å². The minimum atomic E-state index is -1.86. The number of hydrogen-bond donors (Lipinski definition) is 6. The average molecular weight is 518 g/mol. The van der Waals surface area contributed by atoms with Crippen LogP contribution >= 0.6 is 0 Å². The molecule has 0 saturated carbocycles. The number of fused-ring (bicyclic) bond motifs is 2. The SMILES string of the molecule is C[NH2+][C@@]1(C)OC(C)(CO)[C@](C)(O)C(C)(O)[C@@]1(C)O.O=C(O)Cn1c2ccccc2c(=O)c2ccccc21. The molecule has 0 spiro atoms. The molecule has 1 fully saturated rings. The predicted molar refractivity (Wildman–Crippen MR) is 138 cm³/mol. The summed E-state index contributed by atoms with van der Waals surface area (Å²) in [6.45, 7) is 6.61. The average Bonchev–Trinajstić information content (AvgIpc) is 2.85. The monoisotopic (exact) mass is 517 g/mol. The summed E-state index contributed by atoms with van der Waals surface area (Å²) >= 11 is 0. The van der Waals surface area contributed by atoms with Gasteiger partial charge in [0, 0.05) is 17.7 Å². The van der Waals surface area contributed by atoms with Gasteiger partial charge in [0.05, 0.1) is 24.7 Å². The Morgan fingerprint density at radius 1 is 0.865 bits per heavy atom. The fraction of sp³-hybridized carbons (Fsp3) is 0.481. The lowest BCUT2D eigenvalue weighted by atomic mass is 9.60. The Hall–Kier alpha value is -2.86. The van der Waals surface area contributed by atoms with E-state index in [1.54, 1.807) is 72.4 Å². The van der Waals surface area contributed by atoms with Crippen molar-refractivity contribution in [3.05, 3.63) is 58.8 Å². The Kier molecular flexibility index (Phi) is 7.34. The lowest BCUT2D eigenvalue weighted by molar-refractivity contribution is -0.782. The molecule has 3 aromatic rings.